The van der Waals surface area contributed by atoms with Crippen molar-refractivity contribution in [2.24, 2.45) is 0 Å². The number of nitrogens with zero attached hydrogens (tertiary/aromatic N) is 1. The number of hydrogen-bond acceptors (Lipinski definition) is 5. The third kappa shape index (κ3) is 6.66. The van der Waals surface area contributed by atoms with Gasteiger partial charge in [0.05, 0.1) is 13.2 Å². The summed E-state index contributed by atoms with van der Waals surface area (Å²) in [4.78, 5) is 14.7. The van der Waals surface area contributed by atoms with Crippen LogP contribution >= 0.6 is 0 Å². The second-order valence-electron chi connectivity index (χ2n) is 12.2. The Labute approximate surface area is 243 Å². The van der Waals surface area contributed by atoms with Gasteiger partial charge in [0.15, 0.2) is 11.4 Å². The molecule has 0 aromatic heterocycles. The maximum absolute atomic E-state index is 14.7. The average Bonchev–Trinajstić information content (AvgIpc) is 2.96. The van der Waals surface area contributed by atoms with Crippen molar-refractivity contribution < 1.29 is 19.0 Å². The van der Waals surface area contributed by atoms with E-state index in [-0.39, 0.29) is 21.2 Å². The molecule has 6 heteroatoms. The molecular formula is C34H53N2O4+. The van der Waals surface area contributed by atoms with Crippen LogP contribution < -0.4 is 24.0 Å². The maximum Gasteiger partial charge on any atom is 0.359 e. The molecule has 1 saturated heterocycles. The summed E-state index contributed by atoms with van der Waals surface area (Å²) in [6.45, 7) is 23.4. The Bertz CT molecular complexity index is 1130. The fourth-order valence-corrected chi connectivity index (χ4v) is 5.44. The first-order valence-corrected chi connectivity index (χ1v) is 15.3. The summed E-state index contributed by atoms with van der Waals surface area (Å²) in [5, 5.41) is 3.44. The van der Waals surface area contributed by atoms with Crippen LogP contribution in [0.3, 0.4) is 0 Å². The molecule has 40 heavy (non-hydrogen) atoms. The topological polar surface area (TPSA) is 56.8 Å². The first-order chi connectivity index (χ1) is 19.0. The van der Waals surface area contributed by atoms with Gasteiger partial charge in [-0.15, -0.1) is 0 Å². The smallest absolute Gasteiger partial charge is 0.359 e. The molecule has 1 atom stereocenters. The zero-order valence-corrected chi connectivity index (χ0v) is 26.5. The molecule has 222 valence electrons. The fourth-order valence-electron chi connectivity index (χ4n) is 5.44. The van der Waals surface area contributed by atoms with E-state index >= 15 is 0 Å². The molecule has 0 saturated carbocycles. The lowest BCUT2D eigenvalue weighted by Gasteiger charge is -2.41. The number of carbonyl (C=O) groups is 1. The number of hydrogen-bond donors (Lipinski definition) is 1. The van der Waals surface area contributed by atoms with Gasteiger partial charge in [0.2, 0.25) is 6.10 Å². The Morgan fingerprint density at radius 2 is 1.48 bits per heavy atom. The molecule has 1 aliphatic rings. The molecule has 0 spiro atoms. The lowest BCUT2D eigenvalue weighted by molar-refractivity contribution is -0.138. The van der Waals surface area contributed by atoms with Gasteiger partial charge in [-0.1, -0.05) is 60.6 Å². The van der Waals surface area contributed by atoms with Crippen molar-refractivity contribution in [3.63, 3.8) is 0 Å². The van der Waals surface area contributed by atoms with Crippen molar-refractivity contribution in [1.29, 1.82) is 0 Å². The lowest BCUT2D eigenvalue weighted by Crippen LogP contribution is -2.66. The predicted octanol–water partition coefficient (Wildman–Crippen LogP) is 7.15. The van der Waals surface area contributed by atoms with E-state index in [2.05, 4.69) is 65.1 Å². The second-order valence-corrected chi connectivity index (χ2v) is 12.2. The van der Waals surface area contributed by atoms with Crippen LogP contribution in [0.2, 0.25) is 0 Å². The number of ether oxygens (including phenoxy) is 3. The fraction of sp³-hybridized carbons (Fsp3) is 0.618. The third-order valence-corrected chi connectivity index (χ3v) is 8.94. The molecule has 1 N–H and O–H groups in total. The molecule has 1 amide bonds. The highest BCUT2D eigenvalue weighted by molar-refractivity contribution is 5.94. The Balaban J connectivity index is 2.10. The number of piperazine rings is 1. The number of rotatable bonds is 13. The molecule has 2 aromatic rings. The van der Waals surface area contributed by atoms with Gasteiger partial charge >= 0.3 is 5.91 Å². The summed E-state index contributed by atoms with van der Waals surface area (Å²) in [6, 6.07) is 12.5. The molecule has 6 nitrogen and oxygen atoms in total. The third-order valence-electron chi connectivity index (χ3n) is 8.94. The molecule has 3 rings (SSSR count). The molecule has 0 bridgehead atoms. The zero-order valence-electron chi connectivity index (χ0n) is 26.5. The van der Waals surface area contributed by atoms with Crippen LogP contribution in [0.25, 0.3) is 0 Å². The van der Waals surface area contributed by atoms with Crippen molar-refractivity contribution in [3.05, 3.63) is 47.5 Å². The summed E-state index contributed by atoms with van der Waals surface area (Å²) in [5.74, 6) is 2.36. The Hall–Kier alpha value is -2.57. The number of nitrogens with one attached hydrogen (secondary N) is 1. The number of amides is 1. The van der Waals surface area contributed by atoms with E-state index in [4.69, 9.17) is 14.2 Å². The van der Waals surface area contributed by atoms with Crippen LogP contribution in [0.5, 0.6) is 17.2 Å². The van der Waals surface area contributed by atoms with Crippen LogP contribution in [0.1, 0.15) is 92.7 Å². The molecule has 0 radical (unpaired) electrons. The average molecular weight is 554 g/mol. The van der Waals surface area contributed by atoms with Crippen LogP contribution in [0, 0.1) is 0 Å². The second kappa shape index (κ2) is 13.4. The number of carbonyl (C=O) groups excluding carboxylic acids is 1. The molecule has 2 aromatic carbocycles. The summed E-state index contributed by atoms with van der Waals surface area (Å²) < 4.78 is 18.9. The standard InChI is InChI=1S/C34H53N2O4/c1-10-29(40-30-17-15-25(33(6,7)11-2)23-27(30)34(8,9)12-3)32(37)36(21-19-35-20-22-36)28-24-26(38-13-4)16-18-31(28)39-14-5/h15-18,23-24,29,35H,10-14,19-22H2,1-9H3/q+1. The molecule has 1 heterocycles. The number of benzene rings is 2. The van der Waals surface area contributed by atoms with E-state index in [1.54, 1.807) is 0 Å². The molecule has 1 aliphatic heterocycles. The highest BCUT2D eigenvalue weighted by Gasteiger charge is 2.47. The Morgan fingerprint density at radius 3 is 2.05 bits per heavy atom. The van der Waals surface area contributed by atoms with Crippen LogP contribution in [0.4, 0.5) is 5.69 Å². The van der Waals surface area contributed by atoms with E-state index in [9.17, 15) is 4.79 Å². The summed E-state index contributed by atoms with van der Waals surface area (Å²) >= 11 is 0. The lowest BCUT2D eigenvalue weighted by atomic mass is 9.76. The van der Waals surface area contributed by atoms with Crippen molar-refractivity contribution in [2.45, 2.75) is 98.5 Å². The maximum atomic E-state index is 14.7. The van der Waals surface area contributed by atoms with Crippen molar-refractivity contribution in [1.82, 2.24) is 9.80 Å². The largest absolute Gasteiger partial charge is 0.494 e. The van der Waals surface area contributed by atoms with Gasteiger partial charge in [0.25, 0.3) is 0 Å². The van der Waals surface area contributed by atoms with Crippen molar-refractivity contribution >= 4 is 11.6 Å². The molecule has 0 aliphatic carbocycles. The first-order valence-electron chi connectivity index (χ1n) is 15.3. The zero-order chi connectivity index (χ0) is 29.6. The summed E-state index contributed by atoms with van der Waals surface area (Å²) in [7, 11) is 0. The predicted molar refractivity (Wildman–Crippen MR) is 166 cm³/mol. The monoisotopic (exact) mass is 553 g/mol. The van der Waals surface area contributed by atoms with E-state index < -0.39 is 6.10 Å². The first kappa shape index (κ1) is 32.0. The van der Waals surface area contributed by atoms with Gasteiger partial charge in [0, 0.05) is 24.7 Å². The minimum absolute atomic E-state index is 0.0639. The minimum Gasteiger partial charge on any atom is -0.494 e. The van der Waals surface area contributed by atoms with E-state index in [0.717, 1.165) is 48.9 Å². The molecular weight excluding hydrogens is 500 g/mol. The van der Waals surface area contributed by atoms with E-state index in [1.165, 1.54) is 11.1 Å². The van der Waals surface area contributed by atoms with Gasteiger partial charge in [-0.3, -0.25) is 0 Å². The van der Waals surface area contributed by atoms with E-state index in [1.807, 2.05) is 39.0 Å². The van der Waals surface area contributed by atoms with Gasteiger partial charge in [-0.25, -0.2) is 9.28 Å². The van der Waals surface area contributed by atoms with Crippen LogP contribution in [0.15, 0.2) is 36.4 Å². The quantitative estimate of drug-likeness (QED) is 0.267. The van der Waals surface area contributed by atoms with Gasteiger partial charge in [-0.05, 0) is 67.7 Å². The summed E-state index contributed by atoms with van der Waals surface area (Å²) in [5.41, 5.74) is 3.30. The van der Waals surface area contributed by atoms with Crippen LogP contribution in [-0.2, 0) is 15.6 Å². The van der Waals surface area contributed by atoms with Crippen molar-refractivity contribution in [2.75, 3.05) is 39.4 Å². The number of quaternary nitrogens is 1. The summed E-state index contributed by atoms with van der Waals surface area (Å²) in [6.07, 6.45) is 2.00. The van der Waals surface area contributed by atoms with Crippen molar-refractivity contribution in [3.8, 4) is 17.2 Å². The van der Waals surface area contributed by atoms with E-state index in [0.29, 0.717) is 32.7 Å². The molecule has 1 unspecified atom stereocenters. The Kier molecular flexibility index (Phi) is 10.7. The molecule has 1 fully saturated rings. The van der Waals surface area contributed by atoms with Gasteiger partial charge < -0.3 is 19.5 Å². The SMILES string of the molecule is CCOc1ccc(OCC)c([N+]2(C(=O)C(CC)Oc3ccc(C(C)(C)CC)cc3C(C)(C)CC)CCNCC2)c1. The highest BCUT2D eigenvalue weighted by atomic mass is 16.5. The van der Waals surface area contributed by atoms with Gasteiger partial charge in [0.1, 0.15) is 24.6 Å². The van der Waals surface area contributed by atoms with Crippen LogP contribution in [-0.4, -0.2) is 51.4 Å². The van der Waals surface area contributed by atoms with Gasteiger partial charge in [-0.2, -0.15) is 0 Å². The highest BCUT2D eigenvalue weighted by Crippen LogP contribution is 2.41. The Morgan fingerprint density at radius 1 is 0.850 bits per heavy atom. The minimum atomic E-state index is -0.597. The normalized spacial score (nSPS) is 16.3.